The molecule has 10 heteroatoms. The lowest BCUT2D eigenvalue weighted by Gasteiger charge is -2.29. The monoisotopic (exact) mass is 448 g/mol. The highest BCUT2D eigenvalue weighted by Gasteiger charge is 2.31. The van der Waals surface area contributed by atoms with Crippen molar-refractivity contribution in [1.82, 2.24) is 4.90 Å². The number of rotatable bonds is 5. The van der Waals surface area contributed by atoms with Crippen molar-refractivity contribution in [2.45, 2.75) is 25.6 Å². The van der Waals surface area contributed by atoms with Crippen molar-refractivity contribution in [1.29, 1.82) is 0 Å². The van der Waals surface area contributed by atoms with Gasteiger partial charge in [-0.05, 0) is 44.3 Å². The molecule has 0 aromatic heterocycles. The van der Waals surface area contributed by atoms with Crippen LogP contribution in [0.2, 0.25) is 0 Å². The van der Waals surface area contributed by atoms with E-state index in [0.717, 1.165) is 12.1 Å². The summed E-state index contributed by atoms with van der Waals surface area (Å²) < 4.78 is 38.5. The molecule has 7 nitrogen and oxygen atoms in total. The Bertz CT molecular complexity index is 1030. The van der Waals surface area contributed by atoms with E-state index in [-0.39, 0.29) is 37.0 Å². The topological polar surface area (TPSA) is 81.8 Å². The van der Waals surface area contributed by atoms with E-state index in [1.165, 1.54) is 21.9 Å². The van der Waals surface area contributed by atoms with Gasteiger partial charge in [-0.25, -0.2) is 0 Å². The molecule has 0 fully saturated rings. The number of para-hydroxylation sites is 2. The third-order valence-corrected chi connectivity index (χ3v) is 4.92. The molecule has 0 bridgehead atoms. The molecule has 3 rings (SSSR count). The maximum Gasteiger partial charge on any atom is 0.416 e. The number of halogens is 3. The molecule has 0 spiro atoms. The highest BCUT2D eigenvalue weighted by Crippen LogP contribution is 2.32. The Morgan fingerprint density at radius 1 is 1.16 bits per heavy atom. The van der Waals surface area contributed by atoms with E-state index in [4.69, 9.17) is 0 Å². The van der Waals surface area contributed by atoms with E-state index >= 15 is 0 Å². The summed E-state index contributed by atoms with van der Waals surface area (Å²) in [7, 11) is 1.56. The number of benzene rings is 2. The molecule has 1 aliphatic heterocycles. The average molecular weight is 448 g/mol. The molecule has 0 saturated carbocycles. The summed E-state index contributed by atoms with van der Waals surface area (Å²) in [6.45, 7) is 1.44. The van der Waals surface area contributed by atoms with Crippen molar-refractivity contribution in [3.8, 4) is 0 Å². The Hall–Kier alpha value is -3.40. The van der Waals surface area contributed by atoms with Crippen LogP contribution >= 0.6 is 0 Å². The first-order chi connectivity index (χ1) is 15.0. The van der Waals surface area contributed by atoms with E-state index in [1.54, 1.807) is 38.2 Å². The number of hydrogen-bond acceptors (Lipinski definition) is 4. The second-order valence-corrected chi connectivity index (χ2v) is 7.68. The van der Waals surface area contributed by atoms with E-state index in [1.807, 2.05) is 0 Å². The Morgan fingerprint density at radius 3 is 2.59 bits per heavy atom. The van der Waals surface area contributed by atoms with Gasteiger partial charge in [0.25, 0.3) is 0 Å². The molecule has 1 aliphatic rings. The molecule has 2 aromatic carbocycles. The summed E-state index contributed by atoms with van der Waals surface area (Å²) in [5.74, 6) is -1.06. The molecule has 3 amide bonds. The number of amides is 3. The Labute approximate surface area is 183 Å². The number of alkyl halides is 3. The number of carbonyl (C=O) groups excluding carboxylic acids is 3. The first-order valence-corrected chi connectivity index (χ1v) is 9.91. The molecule has 32 heavy (non-hydrogen) atoms. The Kier molecular flexibility index (Phi) is 6.83. The quantitative estimate of drug-likeness (QED) is 0.735. The lowest BCUT2D eigenvalue weighted by molar-refractivity contribution is -0.137. The molecule has 1 heterocycles. The maximum absolute atomic E-state index is 13.0. The molecule has 0 radical (unpaired) electrons. The Morgan fingerprint density at radius 2 is 1.88 bits per heavy atom. The normalized spacial score (nSPS) is 16.2. The van der Waals surface area contributed by atoms with E-state index < -0.39 is 23.7 Å². The van der Waals surface area contributed by atoms with Gasteiger partial charge in [0.2, 0.25) is 17.7 Å². The maximum atomic E-state index is 13.0. The van der Waals surface area contributed by atoms with Crippen LogP contribution in [0.5, 0.6) is 0 Å². The van der Waals surface area contributed by atoms with Crippen LogP contribution in [-0.2, 0) is 20.6 Å². The molecule has 0 aliphatic carbocycles. The van der Waals surface area contributed by atoms with Gasteiger partial charge in [-0.15, -0.1) is 0 Å². The highest BCUT2D eigenvalue weighted by molar-refractivity contribution is 6.05. The zero-order chi connectivity index (χ0) is 23.5. The van der Waals surface area contributed by atoms with Gasteiger partial charge in [0.1, 0.15) is 0 Å². The predicted octanol–water partition coefficient (Wildman–Crippen LogP) is 3.34. The lowest BCUT2D eigenvalue weighted by atomic mass is 10.1. The summed E-state index contributed by atoms with van der Waals surface area (Å²) in [6.07, 6.45) is -4.39. The van der Waals surface area contributed by atoms with Crippen LogP contribution in [-0.4, -0.2) is 48.8 Å². The van der Waals surface area contributed by atoms with Crippen LogP contribution < -0.4 is 15.5 Å². The third-order valence-electron chi connectivity index (χ3n) is 4.92. The standard InChI is InChI=1S/C22H23F3N4O3/c1-14-10-19(30)27-17-8-3-4-9-18(17)29(14)21(32)13-28(2)12-20(31)26-16-7-5-6-15(11-16)22(23,24)25/h3-9,11,14H,10,12-13H2,1-2H3,(H,26,31)(H,27,30)/t14-/m0/s1. The minimum atomic E-state index is -4.51. The predicted molar refractivity (Wildman–Crippen MR) is 114 cm³/mol. The number of hydrogen-bond donors (Lipinski definition) is 2. The summed E-state index contributed by atoms with van der Waals surface area (Å²) in [6, 6.07) is 10.9. The zero-order valence-electron chi connectivity index (χ0n) is 17.6. The second kappa shape index (κ2) is 9.39. The van der Waals surface area contributed by atoms with E-state index in [2.05, 4.69) is 10.6 Å². The number of likely N-dealkylation sites (N-methyl/N-ethyl adjacent to an activating group) is 1. The fraction of sp³-hybridized carbons (Fsp3) is 0.318. The van der Waals surface area contributed by atoms with Crippen molar-refractivity contribution < 1.29 is 27.6 Å². The van der Waals surface area contributed by atoms with Crippen LogP contribution in [0.3, 0.4) is 0 Å². The minimum absolute atomic E-state index is 0.0178. The largest absolute Gasteiger partial charge is 0.416 e. The molecule has 1 atom stereocenters. The van der Waals surface area contributed by atoms with Crippen LogP contribution in [0.4, 0.5) is 30.2 Å². The molecule has 170 valence electrons. The molecule has 2 N–H and O–H groups in total. The molecular weight excluding hydrogens is 425 g/mol. The number of anilines is 3. The van der Waals surface area contributed by atoms with Crippen molar-refractivity contribution in [3.05, 3.63) is 54.1 Å². The van der Waals surface area contributed by atoms with Crippen LogP contribution in [0.15, 0.2) is 48.5 Å². The summed E-state index contributed by atoms with van der Waals surface area (Å²) in [4.78, 5) is 40.4. The SMILES string of the molecule is C[C@H]1CC(=O)Nc2ccccc2N1C(=O)CN(C)CC(=O)Nc1cccc(C(F)(F)F)c1. The van der Waals surface area contributed by atoms with Gasteiger partial charge in [-0.2, -0.15) is 13.2 Å². The summed E-state index contributed by atoms with van der Waals surface area (Å²) in [5, 5.41) is 5.19. The number of carbonyl (C=O) groups is 3. The minimum Gasteiger partial charge on any atom is -0.325 e. The molecule has 0 unspecified atom stereocenters. The van der Waals surface area contributed by atoms with Crippen molar-refractivity contribution in [2.75, 3.05) is 35.7 Å². The number of fused-ring (bicyclic) bond motifs is 1. The molecule has 0 saturated heterocycles. The number of nitrogens with one attached hydrogen (secondary N) is 2. The van der Waals surface area contributed by atoms with Gasteiger partial charge in [-0.3, -0.25) is 19.3 Å². The molecule has 2 aromatic rings. The van der Waals surface area contributed by atoms with Crippen LogP contribution in [0.25, 0.3) is 0 Å². The Balaban J connectivity index is 1.65. The van der Waals surface area contributed by atoms with E-state index in [0.29, 0.717) is 11.4 Å². The van der Waals surface area contributed by atoms with Gasteiger partial charge in [0, 0.05) is 18.2 Å². The molecular formula is C22H23F3N4O3. The second-order valence-electron chi connectivity index (χ2n) is 7.68. The van der Waals surface area contributed by atoms with Crippen molar-refractivity contribution >= 4 is 34.8 Å². The van der Waals surface area contributed by atoms with Crippen molar-refractivity contribution in [3.63, 3.8) is 0 Å². The van der Waals surface area contributed by atoms with Gasteiger partial charge < -0.3 is 15.5 Å². The third kappa shape index (κ3) is 5.64. The summed E-state index contributed by atoms with van der Waals surface area (Å²) >= 11 is 0. The van der Waals surface area contributed by atoms with Gasteiger partial charge in [0.05, 0.1) is 30.0 Å². The van der Waals surface area contributed by atoms with Crippen LogP contribution in [0.1, 0.15) is 18.9 Å². The number of nitrogens with zero attached hydrogens (tertiary/aromatic N) is 2. The highest BCUT2D eigenvalue weighted by atomic mass is 19.4. The first kappa shape index (κ1) is 23.3. The van der Waals surface area contributed by atoms with E-state index in [9.17, 15) is 27.6 Å². The van der Waals surface area contributed by atoms with Gasteiger partial charge >= 0.3 is 6.18 Å². The lowest BCUT2D eigenvalue weighted by Crippen LogP contribution is -2.45. The fourth-order valence-electron chi connectivity index (χ4n) is 3.55. The van der Waals surface area contributed by atoms with Gasteiger partial charge in [0.15, 0.2) is 0 Å². The van der Waals surface area contributed by atoms with Crippen molar-refractivity contribution in [2.24, 2.45) is 0 Å². The fourth-order valence-corrected chi connectivity index (χ4v) is 3.55. The first-order valence-electron chi connectivity index (χ1n) is 9.91. The average Bonchev–Trinajstić information content (AvgIpc) is 2.81. The summed E-state index contributed by atoms with van der Waals surface area (Å²) in [5.41, 5.74) is 0.248. The van der Waals surface area contributed by atoms with Crippen LogP contribution in [0, 0.1) is 0 Å². The zero-order valence-corrected chi connectivity index (χ0v) is 17.6. The van der Waals surface area contributed by atoms with Gasteiger partial charge in [-0.1, -0.05) is 18.2 Å². The smallest absolute Gasteiger partial charge is 0.325 e.